The molecule has 1 amide bonds. The summed E-state index contributed by atoms with van der Waals surface area (Å²) < 4.78 is 0. The highest BCUT2D eigenvalue weighted by molar-refractivity contribution is 7.13. The van der Waals surface area contributed by atoms with E-state index >= 15 is 0 Å². The van der Waals surface area contributed by atoms with Crippen molar-refractivity contribution in [1.29, 1.82) is 0 Å². The van der Waals surface area contributed by atoms with Crippen LogP contribution < -0.4 is 5.32 Å². The van der Waals surface area contributed by atoms with Crippen molar-refractivity contribution >= 4 is 22.4 Å². The minimum Gasteiger partial charge on any atom is -0.365 e. The number of rotatable bonds is 4. The second-order valence-corrected chi connectivity index (χ2v) is 7.88. The van der Waals surface area contributed by atoms with Gasteiger partial charge >= 0.3 is 0 Å². The summed E-state index contributed by atoms with van der Waals surface area (Å²) in [6.07, 6.45) is 2.32. The van der Waals surface area contributed by atoms with E-state index in [-0.39, 0.29) is 5.91 Å². The van der Waals surface area contributed by atoms with Gasteiger partial charge in [0.15, 0.2) is 5.13 Å². The number of thiazole rings is 1. The van der Waals surface area contributed by atoms with Gasteiger partial charge in [-0.15, -0.1) is 11.3 Å². The van der Waals surface area contributed by atoms with Gasteiger partial charge in [0.2, 0.25) is 0 Å². The number of carbonyl (C=O) groups excluding carboxylic acids is 1. The molecule has 132 valence electrons. The molecule has 2 bridgehead atoms. The molecule has 1 aromatic heterocycles. The topological polar surface area (TPSA) is 48.5 Å². The molecule has 3 aliphatic rings. The van der Waals surface area contributed by atoms with E-state index in [0.717, 1.165) is 37.7 Å². The Bertz CT molecular complexity index is 732. The van der Waals surface area contributed by atoms with E-state index < -0.39 is 0 Å². The molecule has 3 aliphatic heterocycles. The number of carbonyl (C=O) groups is 1. The SMILES string of the molecule is CNc1nc(C(=O)N2C[C@H]3CC[C@@H]2CN(Cc2ccccc2)C3)cs1. The van der Waals surface area contributed by atoms with Crippen LogP contribution in [0.4, 0.5) is 5.13 Å². The van der Waals surface area contributed by atoms with E-state index in [1.807, 2.05) is 12.4 Å². The molecular weight excluding hydrogens is 332 g/mol. The zero-order chi connectivity index (χ0) is 17.2. The van der Waals surface area contributed by atoms with Gasteiger partial charge in [0.25, 0.3) is 5.91 Å². The Hall–Kier alpha value is -1.92. The van der Waals surface area contributed by atoms with Crippen LogP contribution >= 0.6 is 11.3 Å². The van der Waals surface area contributed by atoms with Crippen LogP contribution in [0.15, 0.2) is 35.7 Å². The number of nitrogens with zero attached hydrogens (tertiary/aromatic N) is 3. The van der Waals surface area contributed by atoms with E-state index in [2.05, 4.69) is 50.4 Å². The minimum atomic E-state index is 0.0917. The van der Waals surface area contributed by atoms with Gasteiger partial charge in [-0.3, -0.25) is 9.69 Å². The Morgan fingerprint density at radius 3 is 2.84 bits per heavy atom. The first kappa shape index (κ1) is 16.5. The van der Waals surface area contributed by atoms with Crippen LogP contribution in [-0.2, 0) is 6.54 Å². The van der Waals surface area contributed by atoms with E-state index in [9.17, 15) is 4.79 Å². The lowest BCUT2D eigenvalue weighted by atomic mass is 9.95. The Kier molecular flexibility index (Phi) is 4.72. The van der Waals surface area contributed by atoms with Crippen molar-refractivity contribution in [2.24, 2.45) is 5.92 Å². The van der Waals surface area contributed by atoms with Crippen molar-refractivity contribution in [2.75, 3.05) is 32.0 Å². The van der Waals surface area contributed by atoms with Crippen LogP contribution in [0.1, 0.15) is 28.9 Å². The molecule has 2 aromatic rings. The fourth-order valence-corrected chi connectivity index (χ4v) is 4.68. The lowest BCUT2D eigenvalue weighted by Gasteiger charge is -2.35. The average molecular weight is 356 g/mol. The number of hydrogen-bond acceptors (Lipinski definition) is 5. The Morgan fingerprint density at radius 1 is 1.24 bits per heavy atom. The standard InChI is InChI=1S/C19H24N4OS/c1-20-19-21-17(13-25-19)18(24)23-11-15-7-8-16(23)12-22(10-15)9-14-5-3-2-4-6-14/h2-6,13,15-16H,7-12H2,1H3,(H,20,21)/t15-,16+/m0/s1. The van der Waals surface area contributed by atoms with E-state index in [4.69, 9.17) is 0 Å². The largest absolute Gasteiger partial charge is 0.365 e. The maximum atomic E-state index is 13.0. The molecule has 6 heteroatoms. The Balaban J connectivity index is 1.48. The molecule has 2 atom stereocenters. The lowest BCUT2D eigenvalue weighted by molar-refractivity contribution is 0.0580. The summed E-state index contributed by atoms with van der Waals surface area (Å²) in [6, 6.07) is 10.9. The van der Waals surface area contributed by atoms with Crippen molar-refractivity contribution in [3.05, 3.63) is 47.0 Å². The fourth-order valence-electron chi connectivity index (χ4n) is 4.03. The van der Waals surface area contributed by atoms with Crippen LogP contribution in [0.3, 0.4) is 0 Å². The van der Waals surface area contributed by atoms with Crippen molar-refractivity contribution < 1.29 is 4.79 Å². The molecule has 1 N–H and O–H groups in total. The predicted molar refractivity (Wildman–Crippen MR) is 101 cm³/mol. The van der Waals surface area contributed by atoms with Gasteiger partial charge in [-0.25, -0.2) is 4.98 Å². The zero-order valence-corrected chi connectivity index (χ0v) is 15.3. The molecule has 4 heterocycles. The molecular formula is C19H24N4OS. The first-order valence-corrected chi connectivity index (χ1v) is 9.81. The first-order valence-electron chi connectivity index (χ1n) is 8.93. The summed E-state index contributed by atoms with van der Waals surface area (Å²) in [5.74, 6) is 0.655. The van der Waals surface area contributed by atoms with Gasteiger partial charge < -0.3 is 10.2 Å². The van der Waals surface area contributed by atoms with Crippen molar-refractivity contribution in [1.82, 2.24) is 14.8 Å². The van der Waals surface area contributed by atoms with E-state index in [1.54, 1.807) is 0 Å². The van der Waals surface area contributed by atoms with Crippen molar-refractivity contribution in [3.8, 4) is 0 Å². The molecule has 1 aromatic carbocycles. The third kappa shape index (κ3) is 3.55. The van der Waals surface area contributed by atoms with Gasteiger partial charge in [0.05, 0.1) is 0 Å². The second kappa shape index (κ2) is 7.14. The maximum absolute atomic E-state index is 13.0. The Morgan fingerprint density at radius 2 is 2.08 bits per heavy atom. The van der Waals surface area contributed by atoms with Gasteiger partial charge in [-0.1, -0.05) is 30.3 Å². The Labute approximate surface area is 152 Å². The van der Waals surface area contributed by atoms with Gasteiger partial charge in [-0.05, 0) is 24.3 Å². The number of fused-ring (bicyclic) bond motifs is 4. The molecule has 0 radical (unpaired) electrons. The van der Waals surface area contributed by atoms with Crippen LogP contribution in [-0.4, -0.2) is 53.4 Å². The third-order valence-electron chi connectivity index (χ3n) is 5.24. The molecule has 5 rings (SSSR count). The van der Waals surface area contributed by atoms with Gasteiger partial charge in [-0.2, -0.15) is 0 Å². The molecule has 5 nitrogen and oxygen atoms in total. The quantitative estimate of drug-likeness (QED) is 0.915. The molecule has 0 saturated carbocycles. The van der Waals surface area contributed by atoms with Crippen LogP contribution in [0.2, 0.25) is 0 Å². The summed E-state index contributed by atoms with van der Waals surface area (Å²) in [6.45, 7) is 3.87. The first-order chi connectivity index (χ1) is 12.2. The number of piperidine rings is 1. The minimum absolute atomic E-state index is 0.0917. The van der Waals surface area contributed by atoms with E-state index in [0.29, 0.717) is 17.7 Å². The van der Waals surface area contributed by atoms with Crippen LogP contribution in [0.5, 0.6) is 0 Å². The number of amides is 1. The summed E-state index contributed by atoms with van der Waals surface area (Å²) in [7, 11) is 1.84. The number of aromatic nitrogens is 1. The van der Waals surface area contributed by atoms with Crippen molar-refractivity contribution in [3.63, 3.8) is 0 Å². The maximum Gasteiger partial charge on any atom is 0.273 e. The van der Waals surface area contributed by atoms with E-state index in [1.165, 1.54) is 23.3 Å². The van der Waals surface area contributed by atoms with Gasteiger partial charge in [0.1, 0.15) is 5.69 Å². The summed E-state index contributed by atoms with van der Waals surface area (Å²) >= 11 is 1.49. The molecule has 25 heavy (non-hydrogen) atoms. The summed E-state index contributed by atoms with van der Waals surface area (Å²) in [5.41, 5.74) is 1.93. The fraction of sp³-hybridized carbons (Fsp3) is 0.474. The van der Waals surface area contributed by atoms with Crippen LogP contribution in [0.25, 0.3) is 0 Å². The lowest BCUT2D eigenvalue weighted by Crippen LogP contribution is -2.47. The molecule has 3 saturated heterocycles. The third-order valence-corrected chi connectivity index (χ3v) is 6.10. The van der Waals surface area contributed by atoms with Gasteiger partial charge in [0, 0.05) is 44.6 Å². The predicted octanol–water partition coefficient (Wildman–Crippen LogP) is 2.92. The number of nitrogens with one attached hydrogen (secondary N) is 1. The van der Waals surface area contributed by atoms with Crippen LogP contribution in [0, 0.1) is 5.92 Å². The monoisotopic (exact) mass is 356 g/mol. The molecule has 0 unspecified atom stereocenters. The highest BCUT2D eigenvalue weighted by atomic mass is 32.1. The number of hydrogen-bond donors (Lipinski definition) is 1. The van der Waals surface area contributed by atoms with Crippen molar-refractivity contribution in [2.45, 2.75) is 25.4 Å². The number of benzene rings is 1. The molecule has 0 spiro atoms. The zero-order valence-electron chi connectivity index (χ0n) is 14.5. The summed E-state index contributed by atoms with van der Waals surface area (Å²) in [4.78, 5) is 22.0. The molecule has 3 fully saturated rings. The second-order valence-electron chi connectivity index (χ2n) is 7.02. The average Bonchev–Trinajstić information content (AvgIpc) is 2.96. The molecule has 0 aliphatic carbocycles. The highest BCUT2D eigenvalue weighted by Gasteiger charge is 2.37. The number of anilines is 1. The normalized spacial score (nSPS) is 23.5. The smallest absolute Gasteiger partial charge is 0.273 e. The summed E-state index contributed by atoms with van der Waals surface area (Å²) in [5, 5.41) is 5.68. The highest BCUT2D eigenvalue weighted by Crippen LogP contribution is 2.30.